The number of hydrogen-bond donors (Lipinski definition) is 0. The van der Waals surface area contributed by atoms with E-state index in [0.717, 1.165) is 5.57 Å². The Hall–Kier alpha value is -1.32. The average Bonchev–Trinajstić information content (AvgIpc) is 2.29. The van der Waals surface area contributed by atoms with Crippen LogP contribution < -0.4 is 0 Å². The lowest BCUT2D eigenvalue weighted by Crippen LogP contribution is -2.34. The zero-order valence-electron chi connectivity index (χ0n) is 10.7. The Kier molecular flexibility index (Phi) is 5.19. The molecule has 0 bridgehead atoms. The quantitative estimate of drug-likeness (QED) is 0.557. The fraction of sp³-hybridized carbons (Fsp3) is 0.692. The zero-order chi connectivity index (χ0) is 12.8. The maximum atomic E-state index is 11.8. The smallest absolute Gasteiger partial charge is 0.310 e. The molecule has 0 aromatic carbocycles. The molecule has 2 atom stereocenters. The molecule has 0 amide bonds. The SMILES string of the molecule is CCOC(=O)[C@H]1CC=C(C)C[C@H]1C(=O)OCC. The summed E-state index contributed by atoms with van der Waals surface area (Å²) in [5.41, 5.74) is 1.13. The van der Waals surface area contributed by atoms with Crippen LogP contribution in [0.4, 0.5) is 0 Å². The van der Waals surface area contributed by atoms with Gasteiger partial charge in [0.05, 0.1) is 25.0 Å². The van der Waals surface area contributed by atoms with Crippen molar-refractivity contribution in [1.82, 2.24) is 0 Å². The van der Waals surface area contributed by atoms with Gasteiger partial charge in [-0.05, 0) is 33.6 Å². The first kappa shape index (κ1) is 13.7. The van der Waals surface area contributed by atoms with E-state index in [9.17, 15) is 9.59 Å². The van der Waals surface area contributed by atoms with E-state index in [0.29, 0.717) is 26.1 Å². The first-order valence-corrected chi connectivity index (χ1v) is 6.09. The molecule has 0 aromatic rings. The normalized spacial score (nSPS) is 23.8. The van der Waals surface area contributed by atoms with Crippen molar-refractivity contribution in [2.75, 3.05) is 13.2 Å². The molecular weight excluding hydrogens is 220 g/mol. The summed E-state index contributed by atoms with van der Waals surface area (Å²) < 4.78 is 10.0. The maximum Gasteiger partial charge on any atom is 0.310 e. The Labute approximate surface area is 102 Å². The van der Waals surface area contributed by atoms with Crippen LogP contribution in [0.5, 0.6) is 0 Å². The van der Waals surface area contributed by atoms with E-state index in [1.165, 1.54) is 0 Å². The third kappa shape index (κ3) is 3.58. The highest BCUT2D eigenvalue weighted by Crippen LogP contribution is 2.31. The molecule has 4 heteroatoms. The van der Waals surface area contributed by atoms with E-state index in [2.05, 4.69) is 0 Å². The van der Waals surface area contributed by atoms with Gasteiger partial charge in [0.25, 0.3) is 0 Å². The van der Waals surface area contributed by atoms with Gasteiger partial charge in [0.2, 0.25) is 0 Å². The standard InChI is InChI=1S/C13H20O4/c1-4-16-12(14)10-7-6-9(3)8-11(10)13(15)17-5-2/h6,10-11H,4-5,7-8H2,1-3H3/t10-,11+/m0/s1. The summed E-state index contributed by atoms with van der Waals surface area (Å²) in [5, 5.41) is 0. The van der Waals surface area contributed by atoms with Crippen LogP contribution in [-0.2, 0) is 19.1 Å². The molecule has 0 aliphatic heterocycles. The summed E-state index contributed by atoms with van der Waals surface area (Å²) in [4.78, 5) is 23.6. The molecule has 0 fully saturated rings. The third-order valence-electron chi connectivity index (χ3n) is 2.93. The Morgan fingerprint density at radius 1 is 1.18 bits per heavy atom. The first-order valence-electron chi connectivity index (χ1n) is 6.09. The molecule has 1 aliphatic rings. The molecule has 0 saturated carbocycles. The predicted molar refractivity (Wildman–Crippen MR) is 63.2 cm³/mol. The summed E-state index contributed by atoms with van der Waals surface area (Å²) in [5.74, 6) is -1.37. The number of hydrogen-bond acceptors (Lipinski definition) is 4. The van der Waals surface area contributed by atoms with E-state index in [1.54, 1.807) is 13.8 Å². The van der Waals surface area contributed by atoms with Crippen LogP contribution in [0, 0.1) is 11.8 Å². The van der Waals surface area contributed by atoms with Gasteiger partial charge in [0.1, 0.15) is 0 Å². The molecule has 0 unspecified atom stereocenters. The largest absolute Gasteiger partial charge is 0.466 e. The van der Waals surface area contributed by atoms with E-state index in [1.807, 2.05) is 13.0 Å². The second kappa shape index (κ2) is 6.42. The van der Waals surface area contributed by atoms with Gasteiger partial charge < -0.3 is 9.47 Å². The zero-order valence-corrected chi connectivity index (χ0v) is 10.7. The van der Waals surface area contributed by atoms with Crippen LogP contribution in [0.3, 0.4) is 0 Å². The van der Waals surface area contributed by atoms with E-state index < -0.39 is 5.92 Å². The molecule has 0 radical (unpaired) electrons. The van der Waals surface area contributed by atoms with Crippen LogP contribution in [0.2, 0.25) is 0 Å². The number of allylic oxidation sites excluding steroid dienone is 2. The highest BCUT2D eigenvalue weighted by Gasteiger charge is 2.37. The minimum atomic E-state index is -0.391. The van der Waals surface area contributed by atoms with Gasteiger partial charge in [0.15, 0.2) is 0 Å². The minimum Gasteiger partial charge on any atom is -0.466 e. The van der Waals surface area contributed by atoms with Crippen molar-refractivity contribution < 1.29 is 19.1 Å². The van der Waals surface area contributed by atoms with Crippen molar-refractivity contribution in [2.45, 2.75) is 33.6 Å². The summed E-state index contributed by atoms with van der Waals surface area (Å²) in [6.45, 7) is 6.18. The van der Waals surface area contributed by atoms with Crippen LogP contribution in [0.15, 0.2) is 11.6 Å². The van der Waals surface area contributed by atoms with Crippen LogP contribution >= 0.6 is 0 Å². The molecule has 0 N–H and O–H groups in total. The average molecular weight is 240 g/mol. The lowest BCUT2D eigenvalue weighted by atomic mass is 9.80. The highest BCUT2D eigenvalue weighted by molar-refractivity contribution is 5.83. The summed E-state index contributed by atoms with van der Waals surface area (Å²) in [7, 11) is 0. The lowest BCUT2D eigenvalue weighted by Gasteiger charge is -2.27. The molecule has 0 heterocycles. The fourth-order valence-electron chi connectivity index (χ4n) is 2.07. The number of esters is 2. The van der Waals surface area contributed by atoms with Gasteiger partial charge >= 0.3 is 11.9 Å². The van der Waals surface area contributed by atoms with E-state index >= 15 is 0 Å². The van der Waals surface area contributed by atoms with E-state index in [4.69, 9.17) is 9.47 Å². The van der Waals surface area contributed by atoms with Crippen LogP contribution in [-0.4, -0.2) is 25.2 Å². The third-order valence-corrected chi connectivity index (χ3v) is 2.93. The van der Waals surface area contributed by atoms with Crippen molar-refractivity contribution in [1.29, 1.82) is 0 Å². The molecule has 96 valence electrons. The Morgan fingerprint density at radius 2 is 1.71 bits per heavy atom. The van der Waals surface area contributed by atoms with E-state index in [-0.39, 0.29) is 17.9 Å². The molecular formula is C13H20O4. The molecule has 0 aromatic heterocycles. The second-order valence-corrected chi connectivity index (χ2v) is 4.21. The van der Waals surface area contributed by atoms with Crippen LogP contribution in [0.1, 0.15) is 33.6 Å². The van der Waals surface area contributed by atoms with Gasteiger partial charge in [0, 0.05) is 0 Å². The van der Waals surface area contributed by atoms with Crippen molar-refractivity contribution in [3.8, 4) is 0 Å². The fourth-order valence-corrected chi connectivity index (χ4v) is 2.07. The molecule has 17 heavy (non-hydrogen) atoms. The number of rotatable bonds is 4. The maximum absolute atomic E-state index is 11.8. The van der Waals surface area contributed by atoms with Crippen molar-refractivity contribution in [2.24, 2.45) is 11.8 Å². The van der Waals surface area contributed by atoms with Crippen molar-refractivity contribution >= 4 is 11.9 Å². The summed E-state index contributed by atoms with van der Waals surface area (Å²) >= 11 is 0. The molecule has 1 rings (SSSR count). The number of ether oxygens (including phenoxy) is 2. The summed E-state index contributed by atoms with van der Waals surface area (Å²) in [6, 6.07) is 0. The minimum absolute atomic E-state index is 0.294. The predicted octanol–water partition coefficient (Wildman–Crippen LogP) is 2.09. The molecule has 0 spiro atoms. The second-order valence-electron chi connectivity index (χ2n) is 4.21. The Morgan fingerprint density at radius 3 is 2.24 bits per heavy atom. The van der Waals surface area contributed by atoms with Crippen molar-refractivity contribution in [3.05, 3.63) is 11.6 Å². The first-order chi connectivity index (χ1) is 8.10. The van der Waals surface area contributed by atoms with Gasteiger partial charge in [-0.15, -0.1) is 0 Å². The van der Waals surface area contributed by atoms with Gasteiger partial charge in [-0.3, -0.25) is 9.59 Å². The topological polar surface area (TPSA) is 52.6 Å². The van der Waals surface area contributed by atoms with Gasteiger partial charge in [-0.1, -0.05) is 11.6 Å². The monoisotopic (exact) mass is 240 g/mol. The molecule has 1 aliphatic carbocycles. The van der Waals surface area contributed by atoms with Crippen LogP contribution in [0.25, 0.3) is 0 Å². The molecule has 4 nitrogen and oxygen atoms in total. The number of carbonyl (C=O) groups is 2. The van der Waals surface area contributed by atoms with Gasteiger partial charge in [-0.25, -0.2) is 0 Å². The Bertz CT molecular complexity index is 319. The summed E-state index contributed by atoms with van der Waals surface area (Å²) in [6.07, 6.45) is 3.15. The molecule has 0 saturated heterocycles. The highest BCUT2D eigenvalue weighted by atomic mass is 16.5. The van der Waals surface area contributed by atoms with Gasteiger partial charge in [-0.2, -0.15) is 0 Å². The lowest BCUT2D eigenvalue weighted by molar-refractivity contribution is -0.160. The van der Waals surface area contributed by atoms with Crippen molar-refractivity contribution in [3.63, 3.8) is 0 Å². The number of carbonyl (C=O) groups excluding carboxylic acids is 2. The Balaban J connectivity index is 2.77.